The van der Waals surface area contributed by atoms with E-state index in [9.17, 15) is 0 Å². The Morgan fingerprint density at radius 1 is 1.38 bits per heavy atom. The monoisotopic (exact) mass is 237 g/mol. The summed E-state index contributed by atoms with van der Waals surface area (Å²) in [6.07, 6.45) is 7.34. The molecule has 2 N–H and O–H groups in total. The van der Waals surface area contributed by atoms with Gasteiger partial charge in [0.15, 0.2) is 0 Å². The van der Waals surface area contributed by atoms with Gasteiger partial charge in [0.2, 0.25) is 0 Å². The molecule has 1 nitrogen and oxygen atoms in total. The van der Waals surface area contributed by atoms with Crippen LogP contribution in [0.4, 0.5) is 0 Å². The second-order valence-electron chi connectivity index (χ2n) is 6.14. The molecule has 1 aliphatic rings. The lowest BCUT2D eigenvalue weighted by Crippen LogP contribution is -2.47. The van der Waals surface area contributed by atoms with Crippen molar-refractivity contribution < 1.29 is 0 Å². The first-order chi connectivity index (χ1) is 7.49. The van der Waals surface area contributed by atoms with E-state index in [0.29, 0.717) is 5.41 Å². The van der Waals surface area contributed by atoms with Gasteiger partial charge in [-0.05, 0) is 49.0 Å². The molecule has 0 radical (unpaired) electrons. The van der Waals surface area contributed by atoms with E-state index >= 15 is 0 Å². The van der Waals surface area contributed by atoms with E-state index < -0.39 is 0 Å². The molecule has 0 spiro atoms. The summed E-state index contributed by atoms with van der Waals surface area (Å²) in [4.78, 5) is 1.48. The predicted molar refractivity (Wildman–Crippen MR) is 71.8 cm³/mol. The molecule has 1 aliphatic carbocycles. The molecule has 1 heterocycles. The highest BCUT2D eigenvalue weighted by atomic mass is 32.1. The lowest BCUT2D eigenvalue weighted by atomic mass is 9.67. The molecule has 0 bridgehead atoms. The zero-order valence-electron chi connectivity index (χ0n) is 10.5. The van der Waals surface area contributed by atoms with E-state index in [1.807, 2.05) is 11.3 Å². The highest BCUT2D eigenvalue weighted by Crippen LogP contribution is 2.41. The van der Waals surface area contributed by atoms with Gasteiger partial charge in [-0.2, -0.15) is 0 Å². The van der Waals surface area contributed by atoms with Crippen molar-refractivity contribution >= 4 is 11.3 Å². The minimum absolute atomic E-state index is 0.0890. The van der Waals surface area contributed by atoms with Gasteiger partial charge in [-0.15, -0.1) is 11.3 Å². The standard InChI is InChI=1S/C14H23NS/c1-13(2)7-4-8-14(15,11-13)9-6-12-5-3-10-16-12/h3,5,10H,4,6-9,11,15H2,1-2H3. The van der Waals surface area contributed by atoms with Gasteiger partial charge in [0.25, 0.3) is 0 Å². The van der Waals surface area contributed by atoms with Crippen molar-refractivity contribution in [2.24, 2.45) is 11.1 Å². The molecule has 1 aromatic rings. The summed E-state index contributed by atoms with van der Waals surface area (Å²) in [6, 6.07) is 4.36. The SMILES string of the molecule is CC1(C)CCCC(N)(CCc2cccs2)C1. The van der Waals surface area contributed by atoms with E-state index in [4.69, 9.17) is 5.73 Å². The third-order valence-electron chi connectivity index (χ3n) is 3.81. The fourth-order valence-electron chi connectivity index (χ4n) is 3.09. The Morgan fingerprint density at radius 2 is 2.19 bits per heavy atom. The summed E-state index contributed by atoms with van der Waals surface area (Å²) in [5.41, 5.74) is 7.09. The third-order valence-corrected chi connectivity index (χ3v) is 4.74. The summed E-state index contributed by atoms with van der Waals surface area (Å²) < 4.78 is 0. The first kappa shape index (κ1) is 12.1. The van der Waals surface area contributed by atoms with Crippen LogP contribution in [-0.2, 0) is 6.42 Å². The first-order valence-corrected chi connectivity index (χ1v) is 7.18. The molecule has 2 heteroatoms. The van der Waals surface area contributed by atoms with Gasteiger partial charge in [-0.25, -0.2) is 0 Å². The molecule has 90 valence electrons. The van der Waals surface area contributed by atoms with Gasteiger partial charge in [-0.3, -0.25) is 0 Å². The van der Waals surface area contributed by atoms with Crippen LogP contribution in [0.25, 0.3) is 0 Å². The average Bonchev–Trinajstić information content (AvgIpc) is 2.65. The van der Waals surface area contributed by atoms with Crippen LogP contribution in [0.5, 0.6) is 0 Å². The number of hydrogen-bond acceptors (Lipinski definition) is 2. The predicted octanol–water partition coefficient (Wildman–Crippen LogP) is 3.98. The Morgan fingerprint density at radius 3 is 2.81 bits per heavy atom. The van der Waals surface area contributed by atoms with Crippen molar-refractivity contribution in [1.29, 1.82) is 0 Å². The number of nitrogens with two attached hydrogens (primary N) is 1. The summed E-state index contributed by atoms with van der Waals surface area (Å²) >= 11 is 1.85. The number of thiophene rings is 1. The van der Waals surface area contributed by atoms with Crippen LogP contribution in [0.1, 0.15) is 50.8 Å². The highest BCUT2D eigenvalue weighted by molar-refractivity contribution is 7.09. The molecule has 2 rings (SSSR count). The fraction of sp³-hybridized carbons (Fsp3) is 0.714. The normalized spacial score (nSPS) is 29.2. The van der Waals surface area contributed by atoms with E-state index in [0.717, 1.165) is 12.8 Å². The van der Waals surface area contributed by atoms with E-state index in [1.54, 1.807) is 0 Å². The zero-order valence-corrected chi connectivity index (χ0v) is 11.3. The van der Waals surface area contributed by atoms with Gasteiger partial charge in [-0.1, -0.05) is 26.3 Å². The third kappa shape index (κ3) is 3.08. The molecule has 0 amide bonds. The van der Waals surface area contributed by atoms with Gasteiger partial charge in [0.05, 0.1) is 0 Å². The highest BCUT2D eigenvalue weighted by Gasteiger charge is 2.36. The van der Waals surface area contributed by atoms with Crippen molar-refractivity contribution in [3.05, 3.63) is 22.4 Å². The minimum Gasteiger partial charge on any atom is -0.325 e. The molecule has 16 heavy (non-hydrogen) atoms. The van der Waals surface area contributed by atoms with Gasteiger partial charge >= 0.3 is 0 Å². The van der Waals surface area contributed by atoms with Crippen LogP contribution in [0, 0.1) is 5.41 Å². The van der Waals surface area contributed by atoms with Gasteiger partial charge in [0.1, 0.15) is 0 Å². The fourth-order valence-corrected chi connectivity index (χ4v) is 3.80. The van der Waals surface area contributed by atoms with Crippen molar-refractivity contribution in [2.45, 2.75) is 57.9 Å². The lowest BCUT2D eigenvalue weighted by molar-refractivity contribution is 0.144. The number of hydrogen-bond donors (Lipinski definition) is 1. The van der Waals surface area contributed by atoms with Crippen LogP contribution < -0.4 is 5.73 Å². The topological polar surface area (TPSA) is 26.0 Å². The second kappa shape index (κ2) is 4.50. The van der Waals surface area contributed by atoms with E-state index in [-0.39, 0.29) is 5.54 Å². The second-order valence-corrected chi connectivity index (χ2v) is 7.17. The molecule has 1 fully saturated rings. The van der Waals surface area contributed by atoms with Crippen molar-refractivity contribution in [2.75, 3.05) is 0 Å². The average molecular weight is 237 g/mol. The molecule has 0 aliphatic heterocycles. The molecule has 1 atom stereocenters. The molecule has 0 saturated heterocycles. The van der Waals surface area contributed by atoms with Crippen LogP contribution in [0.15, 0.2) is 17.5 Å². The summed E-state index contributed by atoms with van der Waals surface area (Å²) in [6.45, 7) is 4.72. The van der Waals surface area contributed by atoms with Crippen LogP contribution in [-0.4, -0.2) is 5.54 Å². The summed E-state index contributed by atoms with van der Waals surface area (Å²) in [7, 11) is 0. The van der Waals surface area contributed by atoms with Crippen molar-refractivity contribution in [3.8, 4) is 0 Å². The maximum Gasteiger partial charge on any atom is 0.0162 e. The smallest absolute Gasteiger partial charge is 0.0162 e. The number of rotatable bonds is 3. The Hall–Kier alpha value is -0.340. The van der Waals surface area contributed by atoms with Crippen LogP contribution in [0.2, 0.25) is 0 Å². The lowest BCUT2D eigenvalue weighted by Gasteiger charge is -2.42. The van der Waals surface area contributed by atoms with E-state index in [1.165, 1.54) is 30.6 Å². The molecule has 1 aromatic heterocycles. The number of aryl methyl sites for hydroxylation is 1. The molecular weight excluding hydrogens is 214 g/mol. The van der Waals surface area contributed by atoms with Gasteiger partial charge < -0.3 is 5.73 Å². The Balaban J connectivity index is 1.92. The molecule has 0 aromatic carbocycles. The quantitative estimate of drug-likeness (QED) is 0.845. The Bertz CT molecular complexity index is 329. The Labute approximate surface area is 103 Å². The maximum atomic E-state index is 6.56. The summed E-state index contributed by atoms with van der Waals surface area (Å²) in [5, 5.41) is 2.16. The van der Waals surface area contributed by atoms with Crippen molar-refractivity contribution in [3.63, 3.8) is 0 Å². The summed E-state index contributed by atoms with van der Waals surface area (Å²) in [5.74, 6) is 0. The van der Waals surface area contributed by atoms with Crippen LogP contribution in [0.3, 0.4) is 0 Å². The molecule has 1 saturated carbocycles. The zero-order chi connectivity index (χ0) is 11.6. The maximum absolute atomic E-state index is 6.56. The van der Waals surface area contributed by atoms with Crippen molar-refractivity contribution in [1.82, 2.24) is 0 Å². The molecular formula is C14H23NS. The van der Waals surface area contributed by atoms with Gasteiger partial charge in [0, 0.05) is 10.4 Å². The minimum atomic E-state index is 0.0890. The van der Waals surface area contributed by atoms with E-state index in [2.05, 4.69) is 31.4 Å². The Kier molecular flexibility index (Phi) is 3.41. The largest absolute Gasteiger partial charge is 0.325 e. The molecule has 1 unspecified atom stereocenters. The van der Waals surface area contributed by atoms with Crippen LogP contribution >= 0.6 is 11.3 Å². The first-order valence-electron chi connectivity index (χ1n) is 6.31.